The monoisotopic (exact) mass is 438 g/mol. The van der Waals surface area contributed by atoms with E-state index in [-0.39, 0.29) is 11.6 Å². The lowest BCUT2D eigenvalue weighted by Gasteiger charge is -2.45. The van der Waals surface area contributed by atoms with Crippen LogP contribution in [0.5, 0.6) is 0 Å². The van der Waals surface area contributed by atoms with E-state index in [1.54, 1.807) is 6.07 Å². The maximum Gasteiger partial charge on any atom is 0.250 e. The van der Waals surface area contributed by atoms with Crippen LogP contribution in [0.2, 0.25) is 0 Å². The normalized spacial score (nSPS) is 20.9. The lowest BCUT2D eigenvalue weighted by atomic mass is 9.82. The number of para-hydroxylation sites is 1. The summed E-state index contributed by atoms with van der Waals surface area (Å²) < 4.78 is 3.86. The van der Waals surface area contributed by atoms with Crippen molar-refractivity contribution < 1.29 is 0 Å². The third-order valence-electron chi connectivity index (χ3n) is 7.07. The Hall–Kier alpha value is -3.58. The topological polar surface area (TPSA) is 68.8 Å². The van der Waals surface area contributed by atoms with E-state index >= 15 is 0 Å². The van der Waals surface area contributed by atoms with Gasteiger partial charge in [-0.05, 0) is 52.9 Å². The van der Waals surface area contributed by atoms with Crippen LogP contribution in [0.15, 0.2) is 77.6 Å². The zero-order valence-electron chi connectivity index (χ0n) is 18.6. The average Bonchev–Trinajstić information content (AvgIpc) is 3.30. The SMILES string of the molecule is Cc1ccccc1-n1nnnc1[C@@H](c1ccccc1)N1C[C@@H]2C[C@H](C1)c1cccc(=O)n1C2. The van der Waals surface area contributed by atoms with Gasteiger partial charge in [-0.2, -0.15) is 4.68 Å². The summed E-state index contributed by atoms with van der Waals surface area (Å²) in [6.45, 7) is 4.61. The molecule has 1 saturated heterocycles. The van der Waals surface area contributed by atoms with Gasteiger partial charge >= 0.3 is 0 Å². The van der Waals surface area contributed by atoms with Crippen LogP contribution in [0.25, 0.3) is 5.69 Å². The minimum absolute atomic E-state index is 0.0758. The highest BCUT2D eigenvalue weighted by atomic mass is 16.1. The Bertz CT molecular complexity index is 1340. The number of piperidine rings is 1. The second kappa shape index (κ2) is 8.08. The Labute approximate surface area is 192 Å². The number of benzene rings is 2. The molecule has 3 atom stereocenters. The van der Waals surface area contributed by atoms with Gasteiger partial charge in [0, 0.05) is 37.3 Å². The Kier molecular flexibility index (Phi) is 4.91. The summed E-state index contributed by atoms with van der Waals surface area (Å²) in [6.07, 6.45) is 1.12. The van der Waals surface area contributed by atoms with Gasteiger partial charge in [0.1, 0.15) is 0 Å². The smallest absolute Gasteiger partial charge is 0.250 e. The number of pyridine rings is 1. The molecule has 0 amide bonds. The highest BCUT2D eigenvalue weighted by Gasteiger charge is 2.39. The molecule has 0 unspecified atom stereocenters. The first-order chi connectivity index (χ1) is 16.2. The summed E-state index contributed by atoms with van der Waals surface area (Å²) in [5.74, 6) is 1.56. The second-order valence-corrected chi connectivity index (χ2v) is 9.20. The Morgan fingerprint density at radius 1 is 0.909 bits per heavy atom. The summed E-state index contributed by atoms with van der Waals surface area (Å²) in [5.41, 5.74) is 4.55. The standard InChI is InChI=1S/C26H26N6O/c1-18-8-5-6-11-22(18)32-26(27-28-29-32)25(20-9-3-2-4-10-20)30-15-19-14-21(17-30)23-12-7-13-24(33)31(23)16-19/h2-13,19,21,25H,14-17H2,1H3/t19-,21+,25+/m0/s1. The van der Waals surface area contributed by atoms with Crippen molar-refractivity contribution >= 4 is 0 Å². The van der Waals surface area contributed by atoms with Crippen molar-refractivity contribution in [3.05, 3.63) is 106 Å². The molecule has 2 aliphatic heterocycles. The van der Waals surface area contributed by atoms with Crippen molar-refractivity contribution in [3.63, 3.8) is 0 Å². The fourth-order valence-electron chi connectivity index (χ4n) is 5.64. The summed E-state index contributed by atoms with van der Waals surface area (Å²) in [6, 6.07) is 24.3. The number of hydrogen-bond acceptors (Lipinski definition) is 5. The summed E-state index contributed by atoms with van der Waals surface area (Å²) in [5, 5.41) is 13.0. The van der Waals surface area contributed by atoms with Gasteiger partial charge < -0.3 is 4.57 Å². The molecule has 4 heterocycles. The molecule has 2 aromatic heterocycles. The first-order valence-electron chi connectivity index (χ1n) is 11.5. The molecular weight excluding hydrogens is 412 g/mol. The van der Waals surface area contributed by atoms with Crippen LogP contribution < -0.4 is 5.56 Å². The fourth-order valence-corrected chi connectivity index (χ4v) is 5.64. The Morgan fingerprint density at radius 3 is 2.58 bits per heavy atom. The van der Waals surface area contributed by atoms with Crippen LogP contribution in [-0.4, -0.2) is 42.8 Å². The molecule has 4 aromatic rings. The molecule has 2 aliphatic rings. The average molecular weight is 439 g/mol. The first-order valence-corrected chi connectivity index (χ1v) is 11.5. The van der Waals surface area contributed by atoms with Gasteiger partial charge in [0.05, 0.1) is 11.7 Å². The van der Waals surface area contributed by atoms with E-state index in [0.717, 1.165) is 48.8 Å². The number of hydrogen-bond donors (Lipinski definition) is 0. The second-order valence-electron chi connectivity index (χ2n) is 9.20. The summed E-state index contributed by atoms with van der Waals surface area (Å²) in [7, 11) is 0. The highest BCUT2D eigenvalue weighted by molar-refractivity contribution is 5.41. The summed E-state index contributed by atoms with van der Waals surface area (Å²) in [4.78, 5) is 15.0. The van der Waals surface area contributed by atoms with E-state index < -0.39 is 0 Å². The molecule has 7 heteroatoms. The molecular formula is C26H26N6O. The number of rotatable bonds is 4. The van der Waals surface area contributed by atoms with Crippen LogP contribution in [-0.2, 0) is 6.54 Å². The number of likely N-dealkylation sites (tertiary alicyclic amines) is 1. The van der Waals surface area contributed by atoms with Crippen LogP contribution in [0, 0.1) is 12.8 Å². The Balaban J connectivity index is 1.44. The minimum Gasteiger partial charge on any atom is -0.312 e. The molecule has 0 N–H and O–H groups in total. The maximum atomic E-state index is 12.5. The predicted molar refractivity (Wildman–Crippen MR) is 125 cm³/mol. The molecule has 1 fully saturated rings. The third kappa shape index (κ3) is 3.49. The number of nitrogens with zero attached hydrogens (tertiary/aromatic N) is 6. The van der Waals surface area contributed by atoms with Gasteiger partial charge in [0.15, 0.2) is 5.82 Å². The van der Waals surface area contributed by atoms with Gasteiger partial charge in [-0.25, -0.2) is 0 Å². The quantitative estimate of drug-likeness (QED) is 0.489. The van der Waals surface area contributed by atoms with Gasteiger partial charge in [0.2, 0.25) is 0 Å². The van der Waals surface area contributed by atoms with Crippen LogP contribution in [0.1, 0.15) is 41.0 Å². The van der Waals surface area contributed by atoms with Crippen molar-refractivity contribution in [2.24, 2.45) is 5.92 Å². The zero-order chi connectivity index (χ0) is 22.4. The molecule has 6 rings (SSSR count). The lowest BCUT2D eigenvalue weighted by molar-refractivity contribution is 0.0912. The van der Waals surface area contributed by atoms with Crippen LogP contribution in [0.3, 0.4) is 0 Å². The van der Waals surface area contributed by atoms with Crippen molar-refractivity contribution in [2.75, 3.05) is 13.1 Å². The Morgan fingerprint density at radius 2 is 1.73 bits per heavy atom. The maximum absolute atomic E-state index is 12.5. The van der Waals surface area contributed by atoms with E-state index in [0.29, 0.717) is 11.8 Å². The first kappa shape index (κ1) is 20.1. The van der Waals surface area contributed by atoms with Gasteiger partial charge in [-0.15, -0.1) is 5.10 Å². The number of aryl methyl sites for hydroxylation is 1. The highest BCUT2D eigenvalue weighted by Crippen LogP contribution is 2.40. The van der Waals surface area contributed by atoms with Crippen molar-refractivity contribution in [1.29, 1.82) is 0 Å². The summed E-state index contributed by atoms with van der Waals surface area (Å²) >= 11 is 0. The molecule has 7 nitrogen and oxygen atoms in total. The molecule has 0 saturated carbocycles. The van der Waals surface area contributed by atoms with E-state index in [4.69, 9.17) is 0 Å². The van der Waals surface area contributed by atoms with Gasteiger partial charge in [-0.1, -0.05) is 54.6 Å². The number of aromatic nitrogens is 5. The van der Waals surface area contributed by atoms with E-state index in [9.17, 15) is 4.79 Å². The predicted octanol–water partition coefficient (Wildman–Crippen LogP) is 3.34. The molecule has 0 radical (unpaired) electrons. The van der Waals surface area contributed by atoms with Crippen molar-refractivity contribution in [1.82, 2.24) is 29.7 Å². The number of fused-ring (bicyclic) bond motifs is 4. The van der Waals surface area contributed by atoms with Crippen LogP contribution in [0.4, 0.5) is 0 Å². The van der Waals surface area contributed by atoms with E-state index in [2.05, 4.69) is 69.8 Å². The van der Waals surface area contributed by atoms with E-state index in [1.807, 2.05) is 33.5 Å². The lowest BCUT2D eigenvalue weighted by Crippen LogP contribution is -2.48. The van der Waals surface area contributed by atoms with Gasteiger partial charge in [0.25, 0.3) is 5.56 Å². The van der Waals surface area contributed by atoms with Gasteiger partial charge in [-0.3, -0.25) is 9.69 Å². The molecule has 2 aromatic carbocycles. The molecule has 33 heavy (non-hydrogen) atoms. The van der Waals surface area contributed by atoms with E-state index in [1.165, 1.54) is 5.56 Å². The molecule has 2 bridgehead atoms. The minimum atomic E-state index is -0.0758. The van der Waals surface area contributed by atoms with Crippen molar-refractivity contribution in [2.45, 2.75) is 31.8 Å². The molecule has 0 spiro atoms. The number of tetrazole rings is 1. The molecule has 166 valence electrons. The van der Waals surface area contributed by atoms with Crippen LogP contribution >= 0.6 is 0 Å². The molecule has 0 aliphatic carbocycles. The van der Waals surface area contributed by atoms with Crippen molar-refractivity contribution in [3.8, 4) is 5.69 Å². The zero-order valence-corrected chi connectivity index (χ0v) is 18.6. The fraction of sp³-hybridized carbons (Fsp3) is 0.308. The largest absolute Gasteiger partial charge is 0.312 e. The third-order valence-corrected chi connectivity index (χ3v) is 7.07.